The summed E-state index contributed by atoms with van der Waals surface area (Å²) < 4.78 is 6.31. The molecule has 0 fully saturated rings. The fourth-order valence-corrected chi connectivity index (χ4v) is 8.71. The van der Waals surface area contributed by atoms with E-state index in [1.165, 1.54) is 34.6 Å². The van der Waals surface area contributed by atoms with E-state index in [9.17, 15) is 0 Å². The second kappa shape index (κ2) is 9.35. The average Bonchev–Trinajstić information content (AvgIpc) is 3.63. The smallest absolute Gasteiger partial charge is 0.212 e. The van der Waals surface area contributed by atoms with Gasteiger partial charge in [-0.05, 0) is 61.5 Å². The van der Waals surface area contributed by atoms with Gasteiger partial charge in [-0.3, -0.25) is 0 Å². The fraction of sp³-hybridized carbons (Fsp3) is 0.258. The molecule has 3 aliphatic rings. The number of allylic oxidation sites excluding steroid dienone is 3. The minimum absolute atomic E-state index is 0.0534. The van der Waals surface area contributed by atoms with Crippen LogP contribution >= 0.6 is 7.92 Å². The monoisotopic (exact) mass is 463 g/mol. The molecule has 3 aromatic rings. The summed E-state index contributed by atoms with van der Waals surface area (Å²) in [7, 11) is -0.594. The van der Waals surface area contributed by atoms with Gasteiger partial charge in [0.15, 0.2) is 0 Å². The molecule has 0 radical (unpaired) electrons. The lowest BCUT2D eigenvalue weighted by atomic mass is 9.80. The van der Waals surface area contributed by atoms with Crippen molar-refractivity contribution in [2.45, 2.75) is 38.1 Å². The van der Waals surface area contributed by atoms with Crippen LogP contribution in [0.15, 0.2) is 119 Å². The Kier molecular flexibility index (Phi) is 5.93. The van der Waals surface area contributed by atoms with E-state index in [1.54, 1.807) is 5.31 Å². The van der Waals surface area contributed by atoms with Gasteiger partial charge < -0.3 is 4.74 Å². The first kappa shape index (κ1) is 21.6. The van der Waals surface area contributed by atoms with Crippen LogP contribution in [0.3, 0.4) is 0 Å². The van der Waals surface area contributed by atoms with Gasteiger partial charge >= 0.3 is 0 Å². The number of ether oxygens (including phenoxy) is 1. The summed E-state index contributed by atoms with van der Waals surface area (Å²) in [6, 6.07) is 33.1. The molecule has 1 spiro atoms. The topological polar surface area (TPSA) is 21.6 Å². The molecule has 170 valence electrons. The van der Waals surface area contributed by atoms with Crippen molar-refractivity contribution in [3.05, 3.63) is 120 Å². The van der Waals surface area contributed by atoms with E-state index in [2.05, 4.69) is 103 Å². The lowest BCUT2D eigenvalue weighted by Crippen LogP contribution is -2.28. The predicted molar refractivity (Wildman–Crippen MR) is 143 cm³/mol. The Hall–Kier alpha value is -2.96. The Labute approximate surface area is 203 Å². The number of rotatable bonds is 6. The van der Waals surface area contributed by atoms with Crippen LogP contribution in [-0.2, 0) is 11.2 Å². The van der Waals surface area contributed by atoms with E-state index in [4.69, 9.17) is 9.73 Å². The molecule has 0 saturated carbocycles. The number of hydrogen-bond acceptors (Lipinski definition) is 2. The molecule has 0 aromatic heterocycles. The Morgan fingerprint density at radius 3 is 2.00 bits per heavy atom. The summed E-state index contributed by atoms with van der Waals surface area (Å²) in [5.41, 5.74) is 2.73. The van der Waals surface area contributed by atoms with Gasteiger partial charge in [0.05, 0.1) is 6.04 Å². The summed E-state index contributed by atoms with van der Waals surface area (Å²) in [6.45, 7) is 0.683. The quantitative estimate of drug-likeness (QED) is 0.380. The third-order valence-electron chi connectivity index (χ3n) is 7.36. The highest BCUT2D eigenvalue weighted by atomic mass is 31.1. The standard InChI is InChI=1S/C31H30NOP/c1-4-12-24(13-5-1)22-25-23-33-30(32-25)28-18-10-20-31(28)21-11-19-29(31)34(26-14-6-2-7-15-26)27-16-8-3-9-17-27/h1-9,12-19,25H,10-11,20-23H2. The molecular weight excluding hydrogens is 433 g/mol. The van der Waals surface area contributed by atoms with Crippen molar-refractivity contribution in [2.75, 3.05) is 6.61 Å². The maximum Gasteiger partial charge on any atom is 0.212 e. The van der Waals surface area contributed by atoms with Crippen molar-refractivity contribution in [3.63, 3.8) is 0 Å². The number of hydrogen-bond donors (Lipinski definition) is 0. The van der Waals surface area contributed by atoms with Gasteiger partial charge in [-0.15, -0.1) is 0 Å². The molecule has 0 bridgehead atoms. The largest absolute Gasteiger partial charge is 0.475 e. The van der Waals surface area contributed by atoms with Gasteiger partial charge in [-0.2, -0.15) is 0 Å². The van der Waals surface area contributed by atoms with Gasteiger partial charge in [0.25, 0.3) is 0 Å². The van der Waals surface area contributed by atoms with E-state index < -0.39 is 7.92 Å². The molecule has 2 nitrogen and oxygen atoms in total. The van der Waals surface area contributed by atoms with Crippen LogP contribution < -0.4 is 10.6 Å². The molecule has 2 atom stereocenters. The van der Waals surface area contributed by atoms with Crippen LogP contribution in [0.4, 0.5) is 0 Å². The summed E-state index contributed by atoms with van der Waals surface area (Å²) in [6.07, 6.45) is 10.5. The zero-order chi connectivity index (χ0) is 22.8. The Balaban J connectivity index is 1.34. The first-order valence-electron chi connectivity index (χ1n) is 12.4. The molecule has 3 heteroatoms. The molecule has 0 N–H and O–H groups in total. The number of nitrogens with zero attached hydrogens (tertiary/aromatic N) is 1. The van der Waals surface area contributed by atoms with E-state index in [0.29, 0.717) is 6.61 Å². The lowest BCUT2D eigenvalue weighted by molar-refractivity contribution is 0.309. The van der Waals surface area contributed by atoms with Crippen LogP contribution in [0.25, 0.3) is 0 Å². The van der Waals surface area contributed by atoms with Crippen molar-refractivity contribution >= 4 is 24.4 Å². The zero-order valence-corrected chi connectivity index (χ0v) is 20.3. The van der Waals surface area contributed by atoms with Crippen molar-refractivity contribution < 1.29 is 4.74 Å². The second-order valence-corrected chi connectivity index (χ2v) is 11.6. The molecule has 0 saturated heterocycles. The minimum Gasteiger partial charge on any atom is -0.475 e. The Morgan fingerprint density at radius 1 is 0.765 bits per heavy atom. The minimum atomic E-state index is -0.594. The predicted octanol–water partition coefficient (Wildman–Crippen LogP) is 6.54. The molecule has 3 aromatic carbocycles. The van der Waals surface area contributed by atoms with Crippen molar-refractivity contribution in [1.82, 2.24) is 0 Å². The highest BCUT2D eigenvalue weighted by Crippen LogP contribution is 2.63. The van der Waals surface area contributed by atoms with E-state index in [1.807, 2.05) is 0 Å². The van der Waals surface area contributed by atoms with E-state index in [-0.39, 0.29) is 11.5 Å². The third kappa shape index (κ3) is 3.95. The van der Waals surface area contributed by atoms with Crippen LogP contribution in [-0.4, -0.2) is 18.5 Å². The third-order valence-corrected chi connectivity index (χ3v) is 10.1. The second-order valence-electron chi connectivity index (χ2n) is 9.46. The molecule has 6 rings (SSSR count). The molecule has 2 unspecified atom stereocenters. The number of benzene rings is 3. The van der Waals surface area contributed by atoms with Gasteiger partial charge in [0.2, 0.25) is 5.90 Å². The zero-order valence-electron chi connectivity index (χ0n) is 19.4. The Morgan fingerprint density at radius 2 is 1.35 bits per heavy atom. The normalized spacial score (nSPS) is 23.7. The maximum absolute atomic E-state index is 6.31. The average molecular weight is 464 g/mol. The SMILES string of the molecule is C1=C(C2=NC(Cc3ccccc3)CO2)C2(CC1)CCC=C2P(c1ccccc1)c1ccccc1. The Bertz CT molecular complexity index is 1190. The molecule has 34 heavy (non-hydrogen) atoms. The lowest BCUT2D eigenvalue weighted by Gasteiger charge is -2.36. The van der Waals surface area contributed by atoms with E-state index >= 15 is 0 Å². The van der Waals surface area contributed by atoms with Crippen molar-refractivity contribution in [3.8, 4) is 0 Å². The van der Waals surface area contributed by atoms with Crippen LogP contribution in [0.2, 0.25) is 0 Å². The summed E-state index contributed by atoms with van der Waals surface area (Å²) in [4.78, 5) is 5.13. The molecule has 2 aliphatic carbocycles. The number of aliphatic imine (C=N–C) groups is 1. The first-order valence-corrected chi connectivity index (χ1v) is 13.7. The van der Waals surface area contributed by atoms with Gasteiger partial charge in [-0.1, -0.05) is 103 Å². The summed E-state index contributed by atoms with van der Waals surface area (Å²) in [5, 5.41) is 4.46. The molecular formula is C31H30NOP. The van der Waals surface area contributed by atoms with E-state index in [0.717, 1.165) is 25.2 Å². The molecule has 1 heterocycles. The maximum atomic E-state index is 6.31. The van der Waals surface area contributed by atoms with Gasteiger partial charge in [-0.25, -0.2) is 4.99 Å². The van der Waals surface area contributed by atoms with Crippen molar-refractivity contribution in [2.24, 2.45) is 10.4 Å². The highest BCUT2D eigenvalue weighted by molar-refractivity contribution is 7.76. The first-order chi connectivity index (χ1) is 16.8. The highest BCUT2D eigenvalue weighted by Gasteiger charge is 2.48. The molecule has 0 amide bonds. The fourth-order valence-electron chi connectivity index (χ4n) is 5.83. The van der Waals surface area contributed by atoms with Crippen LogP contribution in [0.1, 0.15) is 31.2 Å². The summed E-state index contributed by atoms with van der Waals surface area (Å²) >= 11 is 0. The van der Waals surface area contributed by atoms with Gasteiger partial charge in [0, 0.05) is 11.0 Å². The summed E-state index contributed by atoms with van der Waals surface area (Å²) in [5.74, 6) is 0.905. The van der Waals surface area contributed by atoms with Gasteiger partial charge in [0.1, 0.15) is 6.61 Å². The van der Waals surface area contributed by atoms with Crippen LogP contribution in [0, 0.1) is 5.41 Å². The molecule has 1 aliphatic heterocycles. The van der Waals surface area contributed by atoms with Crippen molar-refractivity contribution in [1.29, 1.82) is 0 Å². The van der Waals surface area contributed by atoms with Crippen LogP contribution in [0.5, 0.6) is 0 Å².